The fourth-order valence-corrected chi connectivity index (χ4v) is 2.52. The molecule has 0 aliphatic carbocycles. The molecule has 2 atom stereocenters. The maximum absolute atomic E-state index is 12.5. The largest absolute Gasteiger partial charge is 0.478 e. The molecule has 20 heavy (non-hydrogen) atoms. The van der Waals surface area contributed by atoms with Gasteiger partial charge >= 0.3 is 5.97 Å². The number of rotatable bonds is 2. The summed E-state index contributed by atoms with van der Waals surface area (Å²) in [5.74, 6) is -0.932. The van der Waals surface area contributed by atoms with Crippen LogP contribution in [-0.2, 0) is 14.3 Å². The van der Waals surface area contributed by atoms with Gasteiger partial charge in [-0.3, -0.25) is 4.79 Å². The number of carbonyl (C=O) groups is 2. The van der Waals surface area contributed by atoms with Gasteiger partial charge in [0.2, 0.25) is 12.0 Å². The molecule has 106 valence electrons. The Bertz CT molecular complexity index is 538. The molecule has 6 nitrogen and oxygen atoms in total. The molecule has 0 saturated carbocycles. The number of para-hydroxylation sites is 2. The monoisotopic (exact) mass is 277 g/mol. The molecule has 1 saturated heterocycles. The Hall–Kier alpha value is -2.08. The van der Waals surface area contributed by atoms with E-state index in [0.29, 0.717) is 31.1 Å². The van der Waals surface area contributed by atoms with E-state index in [1.54, 1.807) is 24.3 Å². The van der Waals surface area contributed by atoms with Crippen LogP contribution in [0.3, 0.4) is 0 Å². The molecule has 0 spiro atoms. The van der Waals surface area contributed by atoms with Crippen LogP contribution in [0.25, 0.3) is 0 Å². The zero-order valence-corrected chi connectivity index (χ0v) is 10.8. The van der Waals surface area contributed by atoms with E-state index in [-0.39, 0.29) is 18.4 Å². The first-order chi connectivity index (χ1) is 9.66. The van der Waals surface area contributed by atoms with Gasteiger partial charge < -0.3 is 19.5 Å². The molecule has 0 radical (unpaired) electrons. The lowest BCUT2D eigenvalue weighted by atomic mass is 10.1. The molecule has 2 heterocycles. The van der Waals surface area contributed by atoms with Gasteiger partial charge in [0.25, 0.3) is 0 Å². The molecule has 2 unspecified atom stereocenters. The fraction of sp³-hybridized carbons (Fsp3) is 0.429. The van der Waals surface area contributed by atoms with Crippen molar-refractivity contribution in [1.29, 1.82) is 0 Å². The van der Waals surface area contributed by atoms with Crippen molar-refractivity contribution in [1.82, 2.24) is 0 Å². The van der Waals surface area contributed by atoms with Crippen molar-refractivity contribution in [3.8, 4) is 5.75 Å². The van der Waals surface area contributed by atoms with Crippen molar-refractivity contribution in [3.05, 3.63) is 24.3 Å². The van der Waals surface area contributed by atoms with E-state index in [1.807, 2.05) is 0 Å². The number of hydrogen-bond acceptors (Lipinski definition) is 4. The van der Waals surface area contributed by atoms with Crippen LogP contribution in [0.1, 0.15) is 6.42 Å². The number of aliphatic carboxylic acids is 1. The Labute approximate surface area is 115 Å². The SMILES string of the molecule is O=C(O)C1CN(C(=O)C2CCOC2)c2ccccc2O1. The summed E-state index contributed by atoms with van der Waals surface area (Å²) in [6.07, 6.45) is -0.355. The molecular weight excluding hydrogens is 262 g/mol. The van der Waals surface area contributed by atoms with Gasteiger partial charge in [0.05, 0.1) is 24.8 Å². The van der Waals surface area contributed by atoms with Crippen molar-refractivity contribution in [2.75, 3.05) is 24.7 Å². The predicted octanol–water partition coefficient (Wildman–Crippen LogP) is 0.902. The number of amides is 1. The van der Waals surface area contributed by atoms with Crippen molar-refractivity contribution in [2.45, 2.75) is 12.5 Å². The maximum Gasteiger partial charge on any atom is 0.346 e. The second-order valence-corrected chi connectivity index (χ2v) is 4.92. The Balaban J connectivity index is 1.91. The van der Waals surface area contributed by atoms with Gasteiger partial charge in [-0.25, -0.2) is 4.79 Å². The number of anilines is 1. The lowest BCUT2D eigenvalue weighted by Gasteiger charge is -2.34. The van der Waals surface area contributed by atoms with Gasteiger partial charge in [-0.15, -0.1) is 0 Å². The third kappa shape index (κ3) is 2.22. The lowest BCUT2D eigenvalue weighted by molar-refractivity contribution is -0.145. The average molecular weight is 277 g/mol. The van der Waals surface area contributed by atoms with Crippen LogP contribution in [-0.4, -0.2) is 42.8 Å². The summed E-state index contributed by atoms with van der Waals surface area (Å²) < 4.78 is 10.6. The fourth-order valence-electron chi connectivity index (χ4n) is 2.52. The summed E-state index contributed by atoms with van der Waals surface area (Å²) in [6.45, 7) is 1.00. The minimum Gasteiger partial charge on any atom is -0.478 e. The van der Waals surface area contributed by atoms with Gasteiger partial charge in [0, 0.05) is 6.61 Å². The van der Waals surface area contributed by atoms with Gasteiger partial charge in [-0.05, 0) is 18.6 Å². The predicted molar refractivity (Wildman–Crippen MR) is 69.8 cm³/mol. The van der Waals surface area contributed by atoms with E-state index < -0.39 is 12.1 Å². The van der Waals surface area contributed by atoms with Gasteiger partial charge in [-0.1, -0.05) is 12.1 Å². The molecule has 1 amide bonds. The minimum absolute atomic E-state index is 0.0294. The summed E-state index contributed by atoms with van der Waals surface area (Å²) in [5, 5.41) is 9.14. The summed E-state index contributed by atoms with van der Waals surface area (Å²) in [7, 11) is 0. The van der Waals surface area contributed by atoms with Crippen molar-refractivity contribution >= 4 is 17.6 Å². The topological polar surface area (TPSA) is 76.1 Å². The van der Waals surface area contributed by atoms with Crippen molar-refractivity contribution in [3.63, 3.8) is 0 Å². The molecule has 1 aromatic rings. The molecule has 1 aromatic carbocycles. The van der Waals surface area contributed by atoms with Crippen LogP contribution in [0, 0.1) is 5.92 Å². The Morgan fingerprint density at radius 2 is 2.10 bits per heavy atom. The van der Waals surface area contributed by atoms with Crippen LogP contribution in [0.5, 0.6) is 5.75 Å². The lowest BCUT2D eigenvalue weighted by Crippen LogP contribution is -2.49. The Morgan fingerprint density at radius 3 is 2.80 bits per heavy atom. The molecule has 2 aliphatic heterocycles. The zero-order chi connectivity index (χ0) is 14.1. The molecule has 0 aromatic heterocycles. The van der Waals surface area contributed by atoms with Crippen LogP contribution in [0.15, 0.2) is 24.3 Å². The number of hydrogen-bond donors (Lipinski definition) is 1. The highest BCUT2D eigenvalue weighted by Crippen LogP contribution is 2.34. The second-order valence-electron chi connectivity index (χ2n) is 4.92. The zero-order valence-electron chi connectivity index (χ0n) is 10.8. The van der Waals surface area contributed by atoms with Crippen LogP contribution in [0.2, 0.25) is 0 Å². The van der Waals surface area contributed by atoms with Crippen molar-refractivity contribution in [2.24, 2.45) is 5.92 Å². The third-order valence-electron chi connectivity index (χ3n) is 3.59. The number of ether oxygens (including phenoxy) is 2. The van der Waals surface area contributed by atoms with E-state index in [1.165, 1.54) is 4.90 Å². The highest BCUT2D eigenvalue weighted by atomic mass is 16.5. The highest BCUT2D eigenvalue weighted by Gasteiger charge is 2.37. The van der Waals surface area contributed by atoms with E-state index >= 15 is 0 Å². The summed E-state index contributed by atoms with van der Waals surface area (Å²) in [6, 6.07) is 7.00. The van der Waals surface area contributed by atoms with Crippen LogP contribution in [0.4, 0.5) is 5.69 Å². The van der Waals surface area contributed by atoms with Gasteiger partial charge in [0.1, 0.15) is 5.75 Å². The highest BCUT2D eigenvalue weighted by molar-refractivity contribution is 5.98. The number of carboxylic acids is 1. The van der Waals surface area contributed by atoms with E-state index in [9.17, 15) is 9.59 Å². The molecule has 1 fully saturated rings. The van der Waals surface area contributed by atoms with Gasteiger partial charge in [-0.2, -0.15) is 0 Å². The molecule has 0 bridgehead atoms. The summed E-state index contributed by atoms with van der Waals surface area (Å²) in [5.41, 5.74) is 0.627. The van der Waals surface area contributed by atoms with E-state index in [0.717, 1.165) is 0 Å². The Kier molecular flexibility index (Phi) is 3.31. The second kappa shape index (κ2) is 5.13. The number of carboxylic acid groups (broad SMARTS) is 1. The molecule has 3 rings (SSSR count). The number of carbonyl (C=O) groups excluding carboxylic acids is 1. The van der Waals surface area contributed by atoms with Crippen molar-refractivity contribution < 1.29 is 24.2 Å². The van der Waals surface area contributed by atoms with E-state index in [4.69, 9.17) is 14.6 Å². The molecule has 2 aliphatic rings. The standard InChI is InChI=1S/C14H15NO5/c16-13(9-5-6-19-8-9)15-7-12(14(17)18)20-11-4-2-1-3-10(11)15/h1-4,9,12H,5-8H2,(H,17,18). The smallest absolute Gasteiger partial charge is 0.346 e. The molecular formula is C14H15NO5. The van der Waals surface area contributed by atoms with Crippen LogP contribution < -0.4 is 9.64 Å². The summed E-state index contributed by atoms with van der Waals surface area (Å²) in [4.78, 5) is 25.2. The number of fused-ring (bicyclic) bond motifs is 1. The number of benzene rings is 1. The quantitative estimate of drug-likeness (QED) is 0.869. The maximum atomic E-state index is 12.5. The molecule has 6 heteroatoms. The third-order valence-corrected chi connectivity index (χ3v) is 3.59. The van der Waals surface area contributed by atoms with Gasteiger partial charge in [0.15, 0.2) is 0 Å². The first kappa shape index (κ1) is 12.9. The first-order valence-corrected chi connectivity index (χ1v) is 6.54. The summed E-state index contributed by atoms with van der Waals surface area (Å²) >= 11 is 0. The molecule has 1 N–H and O–H groups in total. The first-order valence-electron chi connectivity index (χ1n) is 6.54. The minimum atomic E-state index is -1.07. The number of nitrogens with zero attached hydrogens (tertiary/aromatic N) is 1. The Morgan fingerprint density at radius 1 is 1.30 bits per heavy atom. The average Bonchev–Trinajstić information content (AvgIpc) is 2.99. The normalized spacial score (nSPS) is 24.9. The van der Waals surface area contributed by atoms with Crippen LogP contribution >= 0.6 is 0 Å². The van der Waals surface area contributed by atoms with E-state index in [2.05, 4.69) is 0 Å².